The lowest BCUT2D eigenvalue weighted by Gasteiger charge is -2.44. The standard InChI is InChI=1S/C25H38O3/c1-5-13-28-16-17(2)22-10-11-23-19(7-6-12-25(22,23)4)8-9-20-14-21(26)15-24(27)18(20)3/h5,8-9,17,21-24,26-27H,1,3,6-7,10-16H2,2,4H3/b19-8+,20-9-/t17-,21-,22-,23+,24+,25-/m1/s1. The van der Waals surface area contributed by atoms with Gasteiger partial charge < -0.3 is 14.9 Å². The van der Waals surface area contributed by atoms with Crippen molar-refractivity contribution in [2.24, 2.45) is 23.2 Å². The second-order valence-electron chi connectivity index (χ2n) is 9.47. The van der Waals surface area contributed by atoms with Gasteiger partial charge in [0.15, 0.2) is 0 Å². The number of aliphatic hydroxyl groups excluding tert-OH is 2. The lowest BCUT2D eigenvalue weighted by Crippen LogP contribution is -2.37. The maximum absolute atomic E-state index is 10.1. The molecule has 3 aliphatic rings. The van der Waals surface area contributed by atoms with Crippen LogP contribution in [0.4, 0.5) is 0 Å². The maximum atomic E-state index is 10.1. The fraction of sp³-hybridized carbons (Fsp3) is 0.680. The van der Waals surface area contributed by atoms with Gasteiger partial charge in [-0.2, -0.15) is 0 Å². The van der Waals surface area contributed by atoms with Crippen LogP contribution in [-0.2, 0) is 4.74 Å². The Balaban J connectivity index is 1.74. The Morgan fingerprint density at radius 3 is 2.82 bits per heavy atom. The zero-order chi connectivity index (χ0) is 20.3. The van der Waals surface area contributed by atoms with E-state index >= 15 is 0 Å². The molecule has 3 fully saturated rings. The van der Waals surface area contributed by atoms with E-state index in [0.29, 0.717) is 42.6 Å². The summed E-state index contributed by atoms with van der Waals surface area (Å²) >= 11 is 0. The number of ether oxygens (including phenoxy) is 1. The molecule has 3 saturated carbocycles. The third-order valence-corrected chi connectivity index (χ3v) is 7.61. The Bertz CT molecular complexity index is 646. The molecule has 156 valence electrons. The predicted octanol–water partition coefficient (Wildman–Crippen LogP) is 4.97. The monoisotopic (exact) mass is 386 g/mol. The van der Waals surface area contributed by atoms with E-state index in [1.54, 1.807) is 5.57 Å². The first kappa shape index (κ1) is 21.5. The number of allylic oxidation sites excluding steroid dienone is 3. The van der Waals surface area contributed by atoms with Crippen LogP contribution in [-0.4, -0.2) is 35.6 Å². The molecular formula is C25H38O3. The number of aliphatic hydroxyl groups is 2. The summed E-state index contributed by atoms with van der Waals surface area (Å²) in [5.41, 5.74) is 3.68. The van der Waals surface area contributed by atoms with Crippen molar-refractivity contribution in [2.45, 2.75) is 71.0 Å². The first-order valence-corrected chi connectivity index (χ1v) is 11.0. The van der Waals surface area contributed by atoms with Gasteiger partial charge in [0.25, 0.3) is 0 Å². The van der Waals surface area contributed by atoms with Crippen molar-refractivity contribution < 1.29 is 14.9 Å². The van der Waals surface area contributed by atoms with E-state index < -0.39 is 12.2 Å². The lowest BCUT2D eigenvalue weighted by atomic mass is 9.61. The summed E-state index contributed by atoms with van der Waals surface area (Å²) in [7, 11) is 0. The molecule has 0 aromatic rings. The highest BCUT2D eigenvalue weighted by Crippen LogP contribution is 2.59. The minimum atomic E-state index is -0.614. The van der Waals surface area contributed by atoms with Crippen molar-refractivity contribution in [1.82, 2.24) is 0 Å². The molecule has 3 aliphatic carbocycles. The smallest absolute Gasteiger partial charge is 0.0811 e. The minimum absolute atomic E-state index is 0.349. The van der Waals surface area contributed by atoms with Gasteiger partial charge in [-0.25, -0.2) is 0 Å². The number of fused-ring (bicyclic) bond motifs is 1. The second-order valence-corrected chi connectivity index (χ2v) is 9.47. The van der Waals surface area contributed by atoms with E-state index in [0.717, 1.165) is 24.2 Å². The topological polar surface area (TPSA) is 49.7 Å². The van der Waals surface area contributed by atoms with Gasteiger partial charge in [-0.3, -0.25) is 0 Å². The highest BCUT2D eigenvalue weighted by Gasteiger charge is 2.50. The molecule has 0 saturated heterocycles. The first-order chi connectivity index (χ1) is 13.4. The molecule has 0 aromatic carbocycles. The molecule has 0 aromatic heterocycles. The van der Waals surface area contributed by atoms with Crippen molar-refractivity contribution in [3.8, 4) is 0 Å². The van der Waals surface area contributed by atoms with Gasteiger partial charge in [0, 0.05) is 13.0 Å². The summed E-state index contributed by atoms with van der Waals surface area (Å²) in [5.74, 6) is 1.90. The fourth-order valence-corrected chi connectivity index (χ4v) is 6.13. The quantitative estimate of drug-likeness (QED) is 0.501. The lowest BCUT2D eigenvalue weighted by molar-refractivity contribution is 0.0430. The summed E-state index contributed by atoms with van der Waals surface area (Å²) < 4.78 is 5.77. The van der Waals surface area contributed by atoms with Crippen molar-refractivity contribution in [2.75, 3.05) is 13.2 Å². The molecule has 3 heteroatoms. The maximum Gasteiger partial charge on any atom is 0.0811 e. The van der Waals surface area contributed by atoms with E-state index in [-0.39, 0.29) is 0 Å². The average molecular weight is 387 g/mol. The molecule has 28 heavy (non-hydrogen) atoms. The number of hydrogen-bond acceptors (Lipinski definition) is 3. The van der Waals surface area contributed by atoms with Crippen LogP contribution in [0.5, 0.6) is 0 Å². The molecule has 0 bridgehead atoms. The molecule has 2 N–H and O–H groups in total. The van der Waals surface area contributed by atoms with Crippen molar-refractivity contribution in [1.29, 1.82) is 0 Å². The zero-order valence-electron chi connectivity index (χ0n) is 17.7. The molecule has 3 rings (SSSR count). The Labute approximate surface area is 170 Å². The molecule has 0 spiro atoms. The van der Waals surface area contributed by atoms with Crippen LogP contribution in [0.1, 0.15) is 58.8 Å². The average Bonchev–Trinajstić information content (AvgIpc) is 3.01. The van der Waals surface area contributed by atoms with E-state index in [2.05, 4.69) is 39.2 Å². The molecule has 6 atom stereocenters. The van der Waals surface area contributed by atoms with Crippen molar-refractivity contribution >= 4 is 0 Å². The molecule has 0 amide bonds. The number of rotatable bonds is 6. The second kappa shape index (κ2) is 9.11. The van der Waals surface area contributed by atoms with Crippen LogP contribution in [0.15, 0.2) is 48.1 Å². The highest BCUT2D eigenvalue weighted by molar-refractivity contribution is 5.38. The van der Waals surface area contributed by atoms with Gasteiger partial charge in [0.1, 0.15) is 0 Å². The SMILES string of the molecule is C=CCOC[C@@H](C)[C@H]1CC[C@H]2/C(=C/C=C3/C[C@@H](O)C[C@H](O)C3=C)CCC[C@]12C. The third-order valence-electron chi connectivity index (χ3n) is 7.61. The van der Waals surface area contributed by atoms with Crippen molar-refractivity contribution in [3.63, 3.8) is 0 Å². The summed E-state index contributed by atoms with van der Waals surface area (Å²) in [4.78, 5) is 0. The Morgan fingerprint density at radius 1 is 1.29 bits per heavy atom. The molecular weight excluding hydrogens is 348 g/mol. The fourth-order valence-electron chi connectivity index (χ4n) is 6.13. The molecule has 0 unspecified atom stereocenters. The van der Waals surface area contributed by atoms with Crippen LogP contribution < -0.4 is 0 Å². The van der Waals surface area contributed by atoms with E-state index in [9.17, 15) is 10.2 Å². The van der Waals surface area contributed by atoms with Gasteiger partial charge in [-0.1, -0.05) is 44.2 Å². The van der Waals surface area contributed by atoms with E-state index in [1.807, 2.05) is 6.08 Å². The third kappa shape index (κ3) is 4.37. The zero-order valence-corrected chi connectivity index (χ0v) is 17.7. The Kier molecular flexibility index (Phi) is 7.01. The van der Waals surface area contributed by atoms with Gasteiger partial charge in [-0.15, -0.1) is 6.58 Å². The molecule has 0 heterocycles. The Hall–Kier alpha value is -1.16. The van der Waals surface area contributed by atoms with Gasteiger partial charge in [-0.05, 0) is 72.8 Å². The van der Waals surface area contributed by atoms with Gasteiger partial charge >= 0.3 is 0 Å². The van der Waals surface area contributed by atoms with E-state index in [4.69, 9.17) is 4.74 Å². The van der Waals surface area contributed by atoms with E-state index in [1.165, 1.54) is 25.7 Å². The van der Waals surface area contributed by atoms with Crippen LogP contribution >= 0.6 is 0 Å². The summed E-state index contributed by atoms with van der Waals surface area (Å²) in [6.07, 6.45) is 12.4. The summed E-state index contributed by atoms with van der Waals surface area (Å²) in [5, 5.41) is 20.1. The normalized spacial score (nSPS) is 39.9. The van der Waals surface area contributed by atoms with Crippen LogP contribution in [0.2, 0.25) is 0 Å². The van der Waals surface area contributed by atoms with Gasteiger partial charge in [0.05, 0.1) is 18.8 Å². The minimum Gasteiger partial charge on any atom is -0.393 e. The predicted molar refractivity (Wildman–Crippen MR) is 115 cm³/mol. The Morgan fingerprint density at radius 2 is 2.07 bits per heavy atom. The summed E-state index contributed by atoms with van der Waals surface area (Å²) in [6, 6.07) is 0. The molecule has 0 radical (unpaired) electrons. The summed E-state index contributed by atoms with van der Waals surface area (Å²) in [6.45, 7) is 14.1. The van der Waals surface area contributed by atoms with Crippen molar-refractivity contribution in [3.05, 3.63) is 48.1 Å². The molecule has 0 aliphatic heterocycles. The highest BCUT2D eigenvalue weighted by atomic mass is 16.5. The largest absolute Gasteiger partial charge is 0.393 e. The first-order valence-electron chi connectivity index (χ1n) is 11.0. The van der Waals surface area contributed by atoms with Gasteiger partial charge in [0.2, 0.25) is 0 Å². The molecule has 3 nitrogen and oxygen atoms in total. The number of hydrogen-bond donors (Lipinski definition) is 2. The van der Waals surface area contributed by atoms with Crippen LogP contribution in [0.3, 0.4) is 0 Å². The van der Waals surface area contributed by atoms with Crippen LogP contribution in [0, 0.1) is 23.2 Å². The van der Waals surface area contributed by atoms with Crippen LogP contribution in [0.25, 0.3) is 0 Å².